The summed E-state index contributed by atoms with van der Waals surface area (Å²) in [6, 6.07) is 10.6. The molecule has 5 rings (SSSR count). The molecule has 6 nitrogen and oxygen atoms in total. The highest BCUT2D eigenvalue weighted by Gasteiger charge is 2.70. The molecule has 0 radical (unpaired) electrons. The van der Waals surface area contributed by atoms with Gasteiger partial charge in [-0.1, -0.05) is 29.8 Å². The third-order valence-corrected chi connectivity index (χ3v) is 7.35. The molecule has 0 bridgehead atoms. The Balaban J connectivity index is 1.65. The minimum atomic E-state index is -1.32. The molecule has 3 heterocycles. The molecule has 2 aromatic rings. The largest absolute Gasteiger partial charge is 0.324 e. The van der Waals surface area contributed by atoms with Gasteiger partial charge >= 0.3 is 0 Å². The van der Waals surface area contributed by atoms with Crippen molar-refractivity contribution in [2.45, 2.75) is 18.0 Å². The van der Waals surface area contributed by atoms with Gasteiger partial charge in [0.25, 0.3) is 0 Å². The lowest BCUT2D eigenvalue weighted by Gasteiger charge is -2.29. The van der Waals surface area contributed by atoms with Gasteiger partial charge in [-0.05, 0) is 42.7 Å². The average Bonchev–Trinajstić information content (AvgIpc) is 3.33. The molecule has 2 saturated heterocycles. The van der Waals surface area contributed by atoms with E-state index in [1.165, 1.54) is 12.1 Å². The van der Waals surface area contributed by atoms with Crippen LogP contribution in [0.1, 0.15) is 12.0 Å². The fraction of sp³-hybridized carbons (Fsp3) is 0.318. The van der Waals surface area contributed by atoms with Gasteiger partial charge in [0.15, 0.2) is 0 Å². The second-order valence-electron chi connectivity index (χ2n) is 7.95. The van der Waals surface area contributed by atoms with Crippen molar-refractivity contribution in [2.24, 2.45) is 11.8 Å². The number of para-hydroxylation sites is 1. The van der Waals surface area contributed by atoms with Crippen molar-refractivity contribution in [3.63, 3.8) is 0 Å². The lowest BCUT2D eigenvalue weighted by atomic mass is 9.76. The topological polar surface area (TPSA) is 78.5 Å². The number of nitrogens with one attached hydrogen (secondary N) is 2. The normalized spacial score (nSPS) is 28.9. The summed E-state index contributed by atoms with van der Waals surface area (Å²) < 4.78 is 13.7. The van der Waals surface area contributed by atoms with Crippen LogP contribution in [0.5, 0.6) is 0 Å². The van der Waals surface area contributed by atoms with Crippen molar-refractivity contribution in [3.05, 3.63) is 58.9 Å². The van der Waals surface area contributed by atoms with Crippen molar-refractivity contribution in [2.75, 3.05) is 22.2 Å². The Morgan fingerprint density at radius 1 is 1.16 bits per heavy atom. The first-order valence-electron chi connectivity index (χ1n) is 9.90. The van der Waals surface area contributed by atoms with E-state index in [0.717, 1.165) is 16.7 Å². The Morgan fingerprint density at radius 3 is 2.68 bits per heavy atom. The number of amides is 3. The maximum atomic E-state index is 13.7. The molecular formula is C22H19ClFN3O3S. The number of halogens is 2. The summed E-state index contributed by atoms with van der Waals surface area (Å²) in [6.07, 6.45) is 2.59. The molecule has 9 heteroatoms. The number of carbonyl (C=O) groups is 3. The van der Waals surface area contributed by atoms with E-state index in [9.17, 15) is 18.8 Å². The van der Waals surface area contributed by atoms with Gasteiger partial charge in [-0.3, -0.25) is 19.7 Å². The first kappa shape index (κ1) is 20.5. The zero-order chi connectivity index (χ0) is 21.9. The average molecular weight is 460 g/mol. The summed E-state index contributed by atoms with van der Waals surface area (Å²) in [5.41, 5.74) is 0.186. The molecule has 3 aliphatic rings. The summed E-state index contributed by atoms with van der Waals surface area (Å²) in [4.78, 5) is 41.5. The SMILES string of the molecule is CSCC[C@@H]1N[C@]2(C(=O)Nc3ccccc32)[C@@H]2C(=O)N(c3ccc(F)c(Cl)c3)C(=O)[C@@H]12. The van der Waals surface area contributed by atoms with Crippen molar-refractivity contribution < 1.29 is 18.8 Å². The zero-order valence-corrected chi connectivity index (χ0v) is 18.1. The summed E-state index contributed by atoms with van der Waals surface area (Å²) in [6.45, 7) is 0. The van der Waals surface area contributed by atoms with Gasteiger partial charge in [-0.15, -0.1) is 0 Å². The highest BCUT2D eigenvalue weighted by molar-refractivity contribution is 7.98. The minimum absolute atomic E-state index is 0.175. The summed E-state index contributed by atoms with van der Waals surface area (Å²) in [7, 11) is 0. The van der Waals surface area contributed by atoms with E-state index in [1.807, 2.05) is 24.5 Å². The Kier molecular flexibility index (Phi) is 4.84. The molecule has 3 aliphatic heterocycles. The fourth-order valence-corrected chi connectivity index (χ4v) is 5.79. The predicted molar refractivity (Wildman–Crippen MR) is 118 cm³/mol. The van der Waals surface area contributed by atoms with Crippen LogP contribution in [0.15, 0.2) is 42.5 Å². The number of fused-ring (bicyclic) bond motifs is 4. The van der Waals surface area contributed by atoms with Crippen LogP contribution in [-0.2, 0) is 19.9 Å². The molecule has 1 spiro atoms. The highest BCUT2D eigenvalue weighted by atomic mass is 35.5. The molecule has 3 amide bonds. The third-order valence-electron chi connectivity index (χ3n) is 6.42. The third kappa shape index (κ3) is 2.78. The number of hydrogen-bond acceptors (Lipinski definition) is 5. The molecule has 2 aromatic carbocycles. The van der Waals surface area contributed by atoms with Gasteiger partial charge in [0.1, 0.15) is 11.4 Å². The van der Waals surface area contributed by atoms with Crippen LogP contribution in [0.3, 0.4) is 0 Å². The molecular weight excluding hydrogens is 441 g/mol. The van der Waals surface area contributed by atoms with Gasteiger partial charge in [0.05, 0.1) is 22.5 Å². The Morgan fingerprint density at radius 2 is 1.94 bits per heavy atom. The Labute approximate surface area is 187 Å². The number of anilines is 2. The number of imide groups is 1. The monoisotopic (exact) mass is 459 g/mol. The van der Waals surface area contributed by atoms with E-state index < -0.39 is 35.0 Å². The first-order valence-corrected chi connectivity index (χ1v) is 11.7. The molecule has 160 valence electrons. The van der Waals surface area contributed by atoms with E-state index >= 15 is 0 Å². The second-order valence-corrected chi connectivity index (χ2v) is 9.35. The summed E-state index contributed by atoms with van der Waals surface area (Å²) >= 11 is 7.55. The summed E-state index contributed by atoms with van der Waals surface area (Å²) in [5.74, 6) is -2.70. The lowest BCUT2D eigenvalue weighted by molar-refractivity contribution is -0.130. The maximum absolute atomic E-state index is 13.7. The highest BCUT2D eigenvalue weighted by Crippen LogP contribution is 2.54. The van der Waals surface area contributed by atoms with Crippen molar-refractivity contribution in [3.8, 4) is 0 Å². The molecule has 0 aromatic heterocycles. The summed E-state index contributed by atoms with van der Waals surface area (Å²) in [5, 5.41) is 6.07. The molecule has 0 unspecified atom stereocenters. The van der Waals surface area contributed by atoms with Crippen LogP contribution in [0.25, 0.3) is 0 Å². The quantitative estimate of drug-likeness (QED) is 0.687. The number of rotatable bonds is 4. The van der Waals surface area contributed by atoms with Crippen LogP contribution in [0.2, 0.25) is 5.02 Å². The molecule has 4 atom stereocenters. The van der Waals surface area contributed by atoms with Gasteiger partial charge in [-0.2, -0.15) is 11.8 Å². The van der Waals surface area contributed by atoms with E-state index in [0.29, 0.717) is 17.7 Å². The van der Waals surface area contributed by atoms with E-state index in [1.54, 1.807) is 17.8 Å². The molecule has 31 heavy (non-hydrogen) atoms. The Hall–Kier alpha value is -2.42. The number of carbonyl (C=O) groups excluding carboxylic acids is 3. The molecule has 0 saturated carbocycles. The second kappa shape index (κ2) is 7.32. The van der Waals surface area contributed by atoms with E-state index in [4.69, 9.17) is 11.6 Å². The van der Waals surface area contributed by atoms with Crippen LogP contribution in [0, 0.1) is 17.7 Å². The van der Waals surface area contributed by atoms with Gasteiger partial charge in [0.2, 0.25) is 17.7 Å². The lowest BCUT2D eigenvalue weighted by Crippen LogP contribution is -2.53. The number of benzene rings is 2. The van der Waals surface area contributed by atoms with Crippen molar-refractivity contribution >= 4 is 52.5 Å². The van der Waals surface area contributed by atoms with Crippen LogP contribution in [-0.4, -0.2) is 35.8 Å². The van der Waals surface area contributed by atoms with E-state index in [2.05, 4.69) is 10.6 Å². The van der Waals surface area contributed by atoms with Crippen LogP contribution >= 0.6 is 23.4 Å². The number of nitrogens with zero attached hydrogens (tertiary/aromatic N) is 1. The molecule has 2 N–H and O–H groups in total. The zero-order valence-electron chi connectivity index (χ0n) is 16.5. The maximum Gasteiger partial charge on any atom is 0.250 e. The standard InChI is InChI=1S/C22H19ClFN3O3S/c1-31-9-8-16-17-18(22(26-16)12-4-2-3-5-15(12)25-21(22)30)20(29)27(19(17)28)11-6-7-14(24)13(23)10-11/h2-7,10,16-18,26H,8-9H2,1H3,(H,25,30)/t16-,17-,18-,22-/m0/s1. The molecule has 2 fully saturated rings. The van der Waals surface area contributed by atoms with Gasteiger partial charge in [-0.25, -0.2) is 9.29 Å². The minimum Gasteiger partial charge on any atom is -0.324 e. The van der Waals surface area contributed by atoms with Crippen molar-refractivity contribution in [1.82, 2.24) is 5.32 Å². The Bertz CT molecular complexity index is 1130. The van der Waals surface area contributed by atoms with Crippen LogP contribution < -0.4 is 15.5 Å². The van der Waals surface area contributed by atoms with Crippen molar-refractivity contribution in [1.29, 1.82) is 0 Å². The number of thioether (sulfide) groups is 1. The first-order chi connectivity index (χ1) is 14.9. The predicted octanol–water partition coefficient (Wildman–Crippen LogP) is 3.16. The van der Waals surface area contributed by atoms with Crippen LogP contribution in [0.4, 0.5) is 15.8 Å². The smallest absolute Gasteiger partial charge is 0.250 e. The fourth-order valence-electron chi connectivity index (χ4n) is 5.13. The van der Waals surface area contributed by atoms with Gasteiger partial charge < -0.3 is 5.32 Å². The van der Waals surface area contributed by atoms with Gasteiger partial charge in [0, 0.05) is 17.3 Å². The molecule has 0 aliphatic carbocycles. The van der Waals surface area contributed by atoms with E-state index in [-0.39, 0.29) is 22.7 Å². The number of hydrogen-bond donors (Lipinski definition) is 2.